The van der Waals surface area contributed by atoms with Crippen molar-refractivity contribution in [3.05, 3.63) is 34.7 Å². The quantitative estimate of drug-likeness (QED) is 0.716. The zero-order valence-electron chi connectivity index (χ0n) is 19.4. The maximum absolute atomic E-state index is 13.1. The number of ketones is 1. The number of Topliss-reactive ketones (excluding diaryl/α,β-unsaturated/α-hetero) is 1. The summed E-state index contributed by atoms with van der Waals surface area (Å²) in [6.07, 6.45) is 1.46. The molecule has 0 atom stereocenters. The van der Waals surface area contributed by atoms with E-state index in [1.807, 2.05) is 17.0 Å². The molecule has 2 aromatic rings. The molecule has 2 saturated heterocycles. The van der Waals surface area contributed by atoms with Crippen molar-refractivity contribution in [2.45, 2.75) is 26.7 Å². The predicted octanol–water partition coefficient (Wildman–Crippen LogP) is 3.84. The summed E-state index contributed by atoms with van der Waals surface area (Å²) in [5.74, 6) is 0.246. The fourth-order valence-electron chi connectivity index (χ4n) is 5.01. The summed E-state index contributed by atoms with van der Waals surface area (Å²) in [7, 11) is 0. The number of urea groups is 1. The van der Waals surface area contributed by atoms with Gasteiger partial charge in [-0.1, -0.05) is 26.0 Å². The summed E-state index contributed by atoms with van der Waals surface area (Å²) in [6.45, 7) is 10.4. The van der Waals surface area contributed by atoms with E-state index < -0.39 is 0 Å². The Hall–Kier alpha value is -2.42. The van der Waals surface area contributed by atoms with Crippen LogP contribution in [0.15, 0.2) is 24.3 Å². The van der Waals surface area contributed by atoms with Gasteiger partial charge in [0.05, 0.1) is 23.1 Å². The van der Waals surface area contributed by atoms with Crippen LogP contribution < -0.4 is 15.5 Å². The van der Waals surface area contributed by atoms with Crippen LogP contribution in [0.4, 0.5) is 15.5 Å². The van der Waals surface area contributed by atoms with Crippen LogP contribution >= 0.6 is 11.3 Å². The SMILES string of the molecule is CC1(C)CC(=O)c2sc(N3CCOCC3)c(-c3cccc(NC(=O)N4CCNCC4)c3)c2C1. The molecule has 3 aliphatic rings. The van der Waals surface area contributed by atoms with Crippen LogP contribution in [-0.2, 0) is 11.2 Å². The van der Waals surface area contributed by atoms with E-state index >= 15 is 0 Å². The van der Waals surface area contributed by atoms with E-state index in [0.29, 0.717) is 32.7 Å². The van der Waals surface area contributed by atoms with Gasteiger partial charge in [-0.15, -0.1) is 11.3 Å². The smallest absolute Gasteiger partial charge is 0.321 e. The number of nitrogens with one attached hydrogen (secondary N) is 2. The Morgan fingerprint density at radius 3 is 2.64 bits per heavy atom. The number of carbonyl (C=O) groups excluding carboxylic acids is 2. The van der Waals surface area contributed by atoms with Crippen molar-refractivity contribution in [1.29, 1.82) is 0 Å². The van der Waals surface area contributed by atoms with Gasteiger partial charge in [-0.05, 0) is 35.1 Å². The van der Waals surface area contributed by atoms with E-state index in [2.05, 4.69) is 41.5 Å². The fourth-order valence-corrected chi connectivity index (χ4v) is 6.34. The summed E-state index contributed by atoms with van der Waals surface area (Å²) in [4.78, 5) is 30.9. The second-order valence-corrected chi connectivity index (χ2v) is 10.9. The lowest BCUT2D eigenvalue weighted by atomic mass is 9.75. The van der Waals surface area contributed by atoms with E-state index in [1.54, 1.807) is 11.3 Å². The molecule has 0 radical (unpaired) electrons. The molecule has 0 saturated carbocycles. The van der Waals surface area contributed by atoms with Crippen molar-refractivity contribution in [3.8, 4) is 11.1 Å². The number of benzene rings is 1. The van der Waals surface area contributed by atoms with Gasteiger partial charge in [0.2, 0.25) is 0 Å². The highest BCUT2D eigenvalue weighted by atomic mass is 32.1. The predicted molar refractivity (Wildman–Crippen MR) is 133 cm³/mol. The van der Waals surface area contributed by atoms with Gasteiger partial charge in [0.15, 0.2) is 5.78 Å². The molecular formula is C25H32N4O3S. The fraction of sp³-hybridized carbons (Fsp3) is 0.520. The third-order valence-electron chi connectivity index (χ3n) is 6.64. The summed E-state index contributed by atoms with van der Waals surface area (Å²) in [5.41, 5.74) is 4.09. The van der Waals surface area contributed by atoms with E-state index in [1.165, 1.54) is 0 Å². The van der Waals surface area contributed by atoms with Crippen LogP contribution in [0.5, 0.6) is 0 Å². The Balaban J connectivity index is 1.52. The van der Waals surface area contributed by atoms with E-state index in [-0.39, 0.29) is 17.2 Å². The van der Waals surface area contributed by atoms with E-state index in [4.69, 9.17) is 4.74 Å². The number of morpholine rings is 1. The first kappa shape index (κ1) is 22.4. The Morgan fingerprint density at radius 1 is 1.12 bits per heavy atom. The van der Waals surface area contributed by atoms with Crippen molar-refractivity contribution < 1.29 is 14.3 Å². The molecule has 33 heavy (non-hydrogen) atoms. The Kier molecular flexibility index (Phi) is 6.16. The maximum Gasteiger partial charge on any atom is 0.321 e. The molecule has 2 N–H and O–H groups in total. The number of rotatable bonds is 3. The average molecular weight is 469 g/mol. The molecule has 2 amide bonds. The molecule has 1 aliphatic carbocycles. The Labute approximate surface area is 199 Å². The van der Waals surface area contributed by atoms with Crippen molar-refractivity contribution in [3.63, 3.8) is 0 Å². The number of nitrogens with zero attached hydrogens (tertiary/aromatic N) is 2. The number of hydrogen-bond donors (Lipinski definition) is 2. The molecule has 2 aliphatic heterocycles. The second-order valence-electron chi connectivity index (χ2n) is 9.88. The van der Waals surface area contributed by atoms with Crippen LogP contribution in [0.25, 0.3) is 11.1 Å². The number of piperazine rings is 1. The zero-order chi connectivity index (χ0) is 23.0. The van der Waals surface area contributed by atoms with Crippen LogP contribution in [0.1, 0.15) is 35.5 Å². The molecule has 0 unspecified atom stereocenters. The lowest BCUT2D eigenvalue weighted by Gasteiger charge is -2.30. The number of anilines is 2. The first-order valence-electron chi connectivity index (χ1n) is 11.8. The highest BCUT2D eigenvalue weighted by molar-refractivity contribution is 7.19. The third kappa shape index (κ3) is 4.65. The highest BCUT2D eigenvalue weighted by Gasteiger charge is 2.37. The highest BCUT2D eigenvalue weighted by Crippen LogP contribution is 2.49. The summed E-state index contributed by atoms with van der Waals surface area (Å²) >= 11 is 1.63. The number of fused-ring (bicyclic) bond motifs is 1. The van der Waals surface area contributed by atoms with Gasteiger partial charge in [0.1, 0.15) is 0 Å². The molecule has 5 rings (SSSR count). The molecule has 1 aromatic heterocycles. The molecule has 0 bridgehead atoms. The van der Waals surface area contributed by atoms with Gasteiger partial charge in [0.25, 0.3) is 0 Å². The number of ether oxygens (including phenoxy) is 1. The molecule has 3 heterocycles. The van der Waals surface area contributed by atoms with Gasteiger partial charge < -0.3 is 25.2 Å². The van der Waals surface area contributed by atoms with Crippen molar-refractivity contribution in [2.24, 2.45) is 5.41 Å². The van der Waals surface area contributed by atoms with Crippen molar-refractivity contribution in [1.82, 2.24) is 10.2 Å². The lowest BCUT2D eigenvalue weighted by Crippen LogP contribution is -2.48. The molecular weight excluding hydrogens is 436 g/mol. The molecule has 7 nitrogen and oxygen atoms in total. The van der Waals surface area contributed by atoms with Crippen LogP contribution in [0, 0.1) is 5.41 Å². The van der Waals surface area contributed by atoms with E-state index in [9.17, 15) is 9.59 Å². The average Bonchev–Trinajstić information content (AvgIpc) is 3.19. The molecule has 1 aromatic carbocycles. The topological polar surface area (TPSA) is 73.9 Å². The van der Waals surface area contributed by atoms with Crippen LogP contribution in [0.2, 0.25) is 0 Å². The van der Waals surface area contributed by atoms with E-state index in [0.717, 1.165) is 64.9 Å². The minimum atomic E-state index is -0.0642. The summed E-state index contributed by atoms with van der Waals surface area (Å²) in [6, 6.07) is 8.01. The Morgan fingerprint density at radius 2 is 1.88 bits per heavy atom. The first-order valence-corrected chi connectivity index (χ1v) is 12.6. The number of hydrogen-bond acceptors (Lipinski definition) is 6. The summed E-state index contributed by atoms with van der Waals surface area (Å²) < 4.78 is 5.58. The Bertz CT molecular complexity index is 1050. The van der Waals surface area contributed by atoms with Crippen LogP contribution in [-0.4, -0.2) is 69.2 Å². The minimum Gasteiger partial charge on any atom is -0.378 e. The van der Waals surface area contributed by atoms with Gasteiger partial charge in [-0.3, -0.25) is 4.79 Å². The lowest BCUT2D eigenvalue weighted by molar-refractivity contribution is 0.0918. The normalized spacial score (nSPS) is 20.5. The molecule has 8 heteroatoms. The second kappa shape index (κ2) is 9.08. The molecule has 176 valence electrons. The van der Waals surface area contributed by atoms with Gasteiger partial charge in [-0.2, -0.15) is 0 Å². The van der Waals surface area contributed by atoms with Crippen LogP contribution in [0.3, 0.4) is 0 Å². The van der Waals surface area contributed by atoms with Gasteiger partial charge in [0, 0.05) is 56.9 Å². The first-order chi connectivity index (χ1) is 15.9. The summed E-state index contributed by atoms with van der Waals surface area (Å²) in [5, 5.41) is 7.51. The maximum atomic E-state index is 13.1. The molecule has 2 fully saturated rings. The monoisotopic (exact) mass is 468 g/mol. The zero-order valence-corrected chi connectivity index (χ0v) is 20.2. The van der Waals surface area contributed by atoms with Crippen molar-refractivity contribution in [2.75, 3.05) is 62.7 Å². The van der Waals surface area contributed by atoms with Gasteiger partial charge >= 0.3 is 6.03 Å². The largest absolute Gasteiger partial charge is 0.378 e. The number of thiophene rings is 1. The standard InChI is InChI=1S/C25H32N4O3S/c1-25(2)15-19-21(23(28-10-12-32-13-11-28)33-22(19)20(30)16-25)17-4-3-5-18(14-17)27-24(31)29-8-6-26-7-9-29/h3-5,14,26H,6-13,15-16H2,1-2H3,(H,27,31). The minimum absolute atomic E-state index is 0.0592. The van der Waals surface area contributed by atoms with Crippen molar-refractivity contribution >= 4 is 33.8 Å². The third-order valence-corrected chi connectivity index (χ3v) is 7.98. The number of amides is 2. The molecule has 0 spiro atoms. The number of carbonyl (C=O) groups is 2. The van der Waals surface area contributed by atoms with Gasteiger partial charge in [-0.25, -0.2) is 4.79 Å².